The molecular formula is C13H17BrFN. The summed E-state index contributed by atoms with van der Waals surface area (Å²) >= 11 is 3.47. The minimum atomic E-state index is -0.0987. The number of hydrogen-bond donors (Lipinski definition) is 1. The molecule has 3 heteroatoms. The van der Waals surface area contributed by atoms with Gasteiger partial charge in [-0.3, -0.25) is 0 Å². The Hall–Kier alpha value is -0.410. The first-order valence-corrected chi connectivity index (χ1v) is 6.53. The van der Waals surface area contributed by atoms with Gasteiger partial charge in [0.25, 0.3) is 0 Å². The van der Waals surface area contributed by atoms with E-state index >= 15 is 0 Å². The maximum atomic E-state index is 13.6. The van der Waals surface area contributed by atoms with Crippen LogP contribution in [0.2, 0.25) is 0 Å². The van der Waals surface area contributed by atoms with E-state index in [-0.39, 0.29) is 5.82 Å². The Bertz CT molecular complexity index is 397. The molecule has 1 N–H and O–H groups in total. The molecule has 1 saturated heterocycles. The SMILES string of the molecule is Cc1c(F)cc(CC2CCNC2)c(C)c1Br. The molecule has 1 aromatic rings. The van der Waals surface area contributed by atoms with E-state index < -0.39 is 0 Å². The van der Waals surface area contributed by atoms with Crippen molar-refractivity contribution in [3.63, 3.8) is 0 Å². The molecule has 0 saturated carbocycles. The van der Waals surface area contributed by atoms with E-state index in [0.29, 0.717) is 11.5 Å². The fourth-order valence-electron chi connectivity index (χ4n) is 2.31. The predicted octanol–water partition coefficient (Wildman–Crippen LogP) is 3.36. The van der Waals surface area contributed by atoms with Gasteiger partial charge in [-0.05, 0) is 68.5 Å². The van der Waals surface area contributed by atoms with E-state index in [2.05, 4.69) is 28.2 Å². The predicted molar refractivity (Wildman–Crippen MR) is 68.3 cm³/mol. The van der Waals surface area contributed by atoms with Crippen molar-refractivity contribution in [2.75, 3.05) is 13.1 Å². The second-order valence-electron chi connectivity index (χ2n) is 4.64. The molecule has 0 radical (unpaired) electrons. The summed E-state index contributed by atoms with van der Waals surface area (Å²) in [7, 11) is 0. The van der Waals surface area contributed by atoms with Gasteiger partial charge in [-0.15, -0.1) is 0 Å². The van der Waals surface area contributed by atoms with E-state index in [0.717, 1.165) is 29.5 Å². The minimum Gasteiger partial charge on any atom is -0.316 e. The lowest BCUT2D eigenvalue weighted by Crippen LogP contribution is -2.11. The lowest BCUT2D eigenvalue weighted by atomic mass is 9.94. The molecule has 1 nitrogen and oxygen atoms in total. The van der Waals surface area contributed by atoms with Crippen LogP contribution in [0.5, 0.6) is 0 Å². The summed E-state index contributed by atoms with van der Waals surface area (Å²) in [5.74, 6) is 0.561. The molecule has 0 spiro atoms. The molecule has 0 bridgehead atoms. The molecule has 1 fully saturated rings. The molecule has 0 amide bonds. The van der Waals surface area contributed by atoms with Gasteiger partial charge >= 0.3 is 0 Å². The smallest absolute Gasteiger partial charge is 0.127 e. The molecule has 1 aliphatic heterocycles. The second-order valence-corrected chi connectivity index (χ2v) is 5.44. The maximum Gasteiger partial charge on any atom is 0.127 e. The van der Waals surface area contributed by atoms with Crippen LogP contribution in [0.25, 0.3) is 0 Å². The van der Waals surface area contributed by atoms with Gasteiger partial charge in [0.05, 0.1) is 0 Å². The van der Waals surface area contributed by atoms with Crippen molar-refractivity contribution >= 4 is 15.9 Å². The Morgan fingerprint density at radius 2 is 2.19 bits per heavy atom. The van der Waals surface area contributed by atoms with Crippen molar-refractivity contribution in [2.45, 2.75) is 26.7 Å². The average Bonchev–Trinajstić information content (AvgIpc) is 2.76. The highest BCUT2D eigenvalue weighted by molar-refractivity contribution is 9.10. The Kier molecular flexibility index (Phi) is 3.65. The molecule has 2 rings (SSSR count). The standard InChI is InChI=1S/C13H17BrFN/c1-8-11(5-10-3-4-16-7-10)6-12(15)9(2)13(8)14/h6,10,16H,3-5,7H2,1-2H3. The molecule has 0 aliphatic carbocycles. The van der Waals surface area contributed by atoms with Gasteiger partial charge < -0.3 is 5.32 Å². The highest BCUT2D eigenvalue weighted by atomic mass is 79.9. The first-order chi connectivity index (χ1) is 7.59. The van der Waals surface area contributed by atoms with Crippen LogP contribution in [0.15, 0.2) is 10.5 Å². The maximum absolute atomic E-state index is 13.6. The fraction of sp³-hybridized carbons (Fsp3) is 0.538. The molecule has 1 aromatic carbocycles. The van der Waals surface area contributed by atoms with Gasteiger partial charge in [0, 0.05) is 4.47 Å². The third-order valence-corrected chi connectivity index (χ3v) is 4.66. The van der Waals surface area contributed by atoms with Crippen LogP contribution >= 0.6 is 15.9 Å². The number of benzene rings is 1. The van der Waals surface area contributed by atoms with Crippen LogP contribution in [0.4, 0.5) is 4.39 Å². The van der Waals surface area contributed by atoms with E-state index in [1.165, 1.54) is 12.0 Å². The third-order valence-electron chi connectivity index (χ3n) is 3.47. The molecule has 1 atom stereocenters. The van der Waals surface area contributed by atoms with Crippen molar-refractivity contribution in [3.05, 3.63) is 33.0 Å². The van der Waals surface area contributed by atoms with E-state index in [1.54, 1.807) is 6.07 Å². The van der Waals surface area contributed by atoms with Gasteiger partial charge in [0.1, 0.15) is 5.82 Å². The van der Waals surface area contributed by atoms with Crippen LogP contribution in [0.3, 0.4) is 0 Å². The zero-order valence-corrected chi connectivity index (χ0v) is 11.3. The summed E-state index contributed by atoms with van der Waals surface area (Å²) in [6.45, 7) is 6.04. The normalized spacial score (nSPS) is 20.4. The molecule has 16 heavy (non-hydrogen) atoms. The summed E-state index contributed by atoms with van der Waals surface area (Å²) in [6.07, 6.45) is 2.18. The summed E-state index contributed by atoms with van der Waals surface area (Å²) in [5.41, 5.74) is 3.04. The van der Waals surface area contributed by atoms with Crippen molar-refractivity contribution in [2.24, 2.45) is 5.92 Å². The molecule has 1 aliphatic rings. The Labute approximate surface area is 105 Å². The summed E-state index contributed by atoms with van der Waals surface area (Å²) in [5, 5.41) is 3.35. The molecule has 1 unspecified atom stereocenters. The van der Waals surface area contributed by atoms with Crippen LogP contribution in [-0.2, 0) is 6.42 Å². The lowest BCUT2D eigenvalue weighted by Gasteiger charge is -2.14. The van der Waals surface area contributed by atoms with Gasteiger partial charge in [-0.1, -0.05) is 15.9 Å². The Balaban J connectivity index is 2.26. The lowest BCUT2D eigenvalue weighted by molar-refractivity contribution is 0.569. The Morgan fingerprint density at radius 3 is 2.81 bits per heavy atom. The van der Waals surface area contributed by atoms with Crippen molar-refractivity contribution in [1.82, 2.24) is 5.32 Å². The van der Waals surface area contributed by atoms with Gasteiger partial charge in [0.15, 0.2) is 0 Å². The largest absolute Gasteiger partial charge is 0.316 e. The third kappa shape index (κ3) is 2.30. The summed E-state index contributed by atoms with van der Waals surface area (Å²) in [6, 6.07) is 1.70. The van der Waals surface area contributed by atoms with Crippen LogP contribution in [0.1, 0.15) is 23.1 Å². The highest BCUT2D eigenvalue weighted by Crippen LogP contribution is 2.28. The highest BCUT2D eigenvalue weighted by Gasteiger charge is 2.18. The molecule has 88 valence electrons. The van der Waals surface area contributed by atoms with Crippen molar-refractivity contribution in [1.29, 1.82) is 0 Å². The van der Waals surface area contributed by atoms with E-state index in [9.17, 15) is 4.39 Å². The van der Waals surface area contributed by atoms with E-state index in [4.69, 9.17) is 0 Å². The number of halogens is 2. The van der Waals surface area contributed by atoms with Gasteiger partial charge in [-0.25, -0.2) is 4.39 Å². The molecular weight excluding hydrogens is 269 g/mol. The van der Waals surface area contributed by atoms with Gasteiger partial charge in [-0.2, -0.15) is 0 Å². The number of hydrogen-bond acceptors (Lipinski definition) is 1. The zero-order valence-electron chi connectivity index (χ0n) is 9.74. The summed E-state index contributed by atoms with van der Waals surface area (Å²) < 4.78 is 14.6. The first-order valence-electron chi connectivity index (χ1n) is 5.74. The van der Waals surface area contributed by atoms with E-state index in [1.807, 2.05) is 6.92 Å². The molecule has 1 heterocycles. The van der Waals surface area contributed by atoms with Crippen molar-refractivity contribution < 1.29 is 4.39 Å². The van der Waals surface area contributed by atoms with Crippen molar-refractivity contribution in [3.8, 4) is 0 Å². The Morgan fingerprint density at radius 1 is 1.44 bits per heavy atom. The number of nitrogens with one attached hydrogen (secondary N) is 1. The van der Waals surface area contributed by atoms with Gasteiger partial charge in [0.2, 0.25) is 0 Å². The number of rotatable bonds is 2. The molecule has 0 aromatic heterocycles. The van der Waals surface area contributed by atoms with Crippen LogP contribution < -0.4 is 5.32 Å². The first kappa shape index (κ1) is 12.1. The van der Waals surface area contributed by atoms with Crippen LogP contribution in [0, 0.1) is 25.6 Å². The second kappa shape index (κ2) is 4.84. The summed E-state index contributed by atoms with van der Waals surface area (Å²) in [4.78, 5) is 0. The topological polar surface area (TPSA) is 12.0 Å². The quantitative estimate of drug-likeness (QED) is 0.879. The average molecular weight is 286 g/mol. The minimum absolute atomic E-state index is 0.0987. The van der Waals surface area contributed by atoms with Crippen LogP contribution in [-0.4, -0.2) is 13.1 Å². The fourth-order valence-corrected chi connectivity index (χ4v) is 2.75. The monoisotopic (exact) mass is 285 g/mol. The zero-order chi connectivity index (χ0) is 11.7.